The molecule has 2 aromatic heterocycles. The number of alkyl halides is 3. The summed E-state index contributed by atoms with van der Waals surface area (Å²) in [6.07, 6.45) is -4.47. The van der Waals surface area contributed by atoms with Crippen molar-refractivity contribution in [1.29, 1.82) is 0 Å². The molecule has 0 unspecified atom stereocenters. The molecule has 0 saturated carbocycles. The fourth-order valence-electron chi connectivity index (χ4n) is 2.27. The molecule has 9 heteroatoms. The van der Waals surface area contributed by atoms with Crippen molar-refractivity contribution in [2.24, 2.45) is 0 Å². The van der Waals surface area contributed by atoms with Crippen LogP contribution in [-0.4, -0.2) is 26.3 Å². The maximum atomic E-state index is 12.8. The smallest absolute Gasteiger partial charge is 0.347 e. The van der Waals surface area contributed by atoms with Crippen molar-refractivity contribution >= 4 is 21.7 Å². The van der Waals surface area contributed by atoms with Gasteiger partial charge in [0.1, 0.15) is 5.82 Å². The molecule has 0 spiro atoms. The lowest BCUT2D eigenvalue weighted by atomic mass is 10.3. The fourth-order valence-corrected chi connectivity index (χ4v) is 2.49. The highest BCUT2D eigenvalue weighted by Crippen LogP contribution is 2.30. The Bertz CT molecular complexity index is 682. The molecular weight excluding hydrogens is 351 g/mol. The van der Waals surface area contributed by atoms with Gasteiger partial charge in [0.25, 0.3) is 0 Å². The van der Waals surface area contributed by atoms with Crippen LogP contribution in [-0.2, 0) is 19.3 Å². The van der Waals surface area contributed by atoms with Gasteiger partial charge in [-0.05, 0) is 35.0 Å². The summed E-state index contributed by atoms with van der Waals surface area (Å²) in [5.74, 6) is 0.0894. The first-order valence-corrected chi connectivity index (χ1v) is 7.03. The molecule has 5 nitrogen and oxygen atoms in total. The van der Waals surface area contributed by atoms with E-state index in [1.807, 2.05) is 24.0 Å². The van der Waals surface area contributed by atoms with Gasteiger partial charge in [0.2, 0.25) is 5.82 Å². The zero-order valence-corrected chi connectivity index (χ0v) is 12.6. The SMILES string of the molecule is Cc1nc(N2CCn3c(nnc3C(F)(F)F)C2)ccc1Br. The highest BCUT2D eigenvalue weighted by molar-refractivity contribution is 9.10. The summed E-state index contributed by atoms with van der Waals surface area (Å²) in [6, 6.07) is 3.70. The third-order valence-corrected chi connectivity index (χ3v) is 4.18. The molecule has 0 N–H and O–H groups in total. The second-order valence-electron chi connectivity index (χ2n) is 4.75. The number of fused-ring (bicyclic) bond motifs is 1. The Morgan fingerprint density at radius 2 is 1.95 bits per heavy atom. The minimum Gasteiger partial charge on any atom is -0.347 e. The fraction of sp³-hybridized carbons (Fsp3) is 0.417. The van der Waals surface area contributed by atoms with E-state index in [-0.39, 0.29) is 13.1 Å². The molecule has 0 aliphatic carbocycles. The maximum absolute atomic E-state index is 12.8. The zero-order valence-electron chi connectivity index (χ0n) is 11.0. The van der Waals surface area contributed by atoms with Gasteiger partial charge in [0.15, 0.2) is 5.82 Å². The number of rotatable bonds is 1. The Kier molecular flexibility index (Phi) is 3.39. The predicted molar refractivity (Wildman–Crippen MR) is 72.7 cm³/mol. The molecule has 3 heterocycles. The number of pyridine rings is 1. The number of aryl methyl sites for hydroxylation is 1. The molecule has 112 valence electrons. The second-order valence-corrected chi connectivity index (χ2v) is 5.60. The van der Waals surface area contributed by atoms with Crippen LogP contribution in [0.2, 0.25) is 0 Å². The first-order chi connectivity index (χ1) is 9.86. The van der Waals surface area contributed by atoms with E-state index >= 15 is 0 Å². The molecule has 0 atom stereocenters. The average molecular weight is 362 g/mol. The summed E-state index contributed by atoms with van der Waals surface area (Å²) in [4.78, 5) is 6.32. The van der Waals surface area contributed by atoms with Crippen LogP contribution in [0, 0.1) is 6.92 Å². The Balaban J connectivity index is 1.88. The normalized spacial score (nSPS) is 15.2. The number of hydrogen-bond donors (Lipinski definition) is 0. The monoisotopic (exact) mass is 361 g/mol. The molecule has 1 aliphatic heterocycles. The molecule has 3 rings (SSSR count). The molecule has 2 aromatic rings. The highest BCUT2D eigenvalue weighted by Gasteiger charge is 2.39. The third-order valence-electron chi connectivity index (χ3n) is 3.34. The Hall–Kier alpha value is -1.64. The molecule has 0 fully saturated rings. The van der Waals surface area contributed by atoms with E-state index in [0.29, 0.717) is 12.4 Å². The van der Waals surface area contributed by atoms with Crippen LogP contribution < -0.4 is 4.90 Å². The van der Waals surface area contributed by atoms with Crippen LogP contribution in [0.3, 0.4) is 0 Å². The van der Waals surface area contributed by atoms with E-state index in [2.05, 4.69) is 31.1 Å². The number of halogens is 4. The van der Waals surface area contributed by atoms with Gasteiger partial charge < -0.3 is 9.47 Å². The topological polar surface area (TPSA) is 46.8 Å². The van der Waals surface area contributed by atoms with Crippen LogP contribution in [0.15, 0.2) is 16.6 Å². The molecule has 0 aromatic carbocycles. The molecular formula is C12H11BrF3N5. The van der Waals surface area contributed by atoms with E-state index in [1.54, 1.807) is 0 Å². The minimum absolute atomic E-state index is 0.188. The van der Waals surface area contributed by atoms with Crippen molar-refractivity contribution in [2.45, 2.75) is 26.2 Å². The van der Waals surface area contributed by atoms with Crippen molar-refractivity contribution in [1.82, 2.24) is 19.7 Å². The standard InChI is InChI=1S/C12H11BrF3N5/c1-7-8(13)2-3-9(17-7)20-4-5-21-10(6-20)18-19-11(21)12(14,15)16/h2-3H,4-6H2,1H3. The summed E-state index contributed by atoms with van der Waals surface area (Å²) in [5, 5.41) is 6.92. The van der Waals surface area contributed by atoms with Crippen LogP contribution in [0.5, 0.6) is 0 Å². The first-order valence-electron chi connectivity index (χ1n) is 6.23. The van der Waals surface area contributed by atoms with Gasteiger partial charge in [-0.15, -0.1) is 10.2 Å². The lowest BCUT2D eigenvalue weighted by Crippen LogP contribution is -2.35. The second kappa shape index (κ2) is 4.97. The maximum Gasteiger partial charge on any atom is 0.451 e. The minimum atomic E-state index is -4.47. The van der Waals surface area contributed by atoms with Crippen molar-refractivity contribution in [2.75, 3.05) is 11.4 Å². The molecule has 0 amide bonds. The summed E-state index contributed by atoms with van der Waals surface area (Å²) in [6.45, 7) is 2.75. The molecule has 21 heavy (non-hydrogen) atoms. The molecule has 0 bridgehead atoms. The molecule has 1 aliphatic rings. The van der Waals surface area contributed by atoms with E-state index in [0.717, 1.165) is 20.6 Å². The van der Waals surface area contributed by atoms with Gasteiger partial charge in [0, 0.05) is 17.6 Å². The Morgan fingerprint density at radius 3 is 2.62 bits per heavy atom. The number of anilines is 1. The summed E-state index contributed by atoms with van der Waals surface area (Å²) in [5.41, 5.74) is 0.829. The van der Waals surface area contributed by atoms with Crippen LogP contribution in [0.4, 0.5) is 19.0 Å². The van der Waals surface area contributed by atoms with Crippen molar-refractivity contribution in [3.05, 3.63) is 33.9 Å². The van der Waals surface area contributed by atoms with Gasteiger partial charge >= 0.3 is 6.18 Å². The average Bonchev–Trinajstić information content (AvgIpc) is 2.84. The van der Waals surface area contributed by atoms with Crippen LogP contribution in [0.1, 0.15) is 17.3 Å². The van der Waals surface area contributed by atoms with E-state index < -0.39 is 12.0 Å². The van der Waals surface area contributed by atoms with Gasteiger partial charge in [-0.25, -0.2) is 4.98 Å². The van der Waals surface area contributed by atoms with Gasteiger partial charge in [0.05, 0.1) is 12.2 Å². The lowest BCUT2D eigenvalue weighted by Gasteiger charge is -2.29. The lowest BCUT2D eigenvalue weighted by molar-refractivity contribution is -0.147. The third kappa shape index (κ3) is 2.61. The summed E-state index contributed by atoms with van der Waals surface area (Å²) < 4.78 is 40.3. The van der Waals surface area contributed by atoms with Crippen LogP contribution >= 0.6 is 15.9 Å². The summed E-state index contributed by atoms with van der Waals surface area (Å²) in [7, 11) is 0. The van der Waals surface area contributed by atoms with E-state index in [1.165, 1.54) is 0 Å². The number of nitrogens with zero attached hydrogens (tertiary/aromatic N) is 5. The van der Waals surface area contributed by atoms with E-state index in [4.69, 9.17) is 0 Å². The van der Waals surface area contributed by atoms with Crippen molar-refractivity contribution in [3.63, 3.8) is 0 Å². The molecule has 0 saturated heterocycles. The Morgan fingerprint density at radius 1 is 1.19 bits per heavy atom. The van der Waals surface area contributed by atoms with Crippen LogP contribution in [0.25, 0.3) is 0 Å². The van der Waals surface area contributed by atoms with Gasteiger partial charge in [-0.2, -0.15) is 13.2 Å². The van der Waals surface area contributed by atoms with E-state index in [9.17, 15) is 13.2 Å². The first kappa shape index (κ1) is 14.3. The Labute approximate surface area is 126 Å². The highest BCUT2D eigenvalue weighted by atomic mass is 79.9. The van der Waals surface area contributed by atoms with Gasteiger partial charge in [-0.1, -0.05) is 0 Å². The predicted octanol–water partition coefficient (Wildman–Crippen LogP) is 2.78. The molecule has 0 radical (unpaired) electrons. The largest absolute Gasteiger partial charge is 0.451 e. The van der Waals surface area contributed by atoms with Gasteiger partial charge in [-0.3, -0.25) is 0 Å². The van der Waals surface area contributed by atoms with Crippen molar-refractivity contribution in [3.8, 4) is 0 Å². The zero-order chi connectivity index (χ0) is 15.2. The summed E-state index contributed by atoms with van der Waals surface area (Å²) >= 11 is 3.37. The number of aromatic nitrogens is 4. The quantitative estimate of drug-likeness (QED) is 0.783. The number of hydrogen-bond acceptors (Lipinski definition) is 4. The van der Waals surface area contributed by atoms with Crippen molar-refractivity contribution < 1.29 is 13.2 Å².